The van der Waals surface area contributed by atoms with Gasteiger partial charge in [0.05, 0.1) is 32.6 Å². The number of nitrogens with zero attached hydrogens (tertiary/aromatic N) is 8. The number of rotatable bonds is 12. The van der Waals surface area contributed by atoms with Crippen molar-refractivity contribution in [1.29, 1.82) is 0 Å². The van der Waals surface area contributed by atoms with Crippen LogP contribution < -0.4 is 10.6 Å². The van der Waals surface area contributed by atoms with Crippen LogP contribution in [-0.2, 0) is 38.6 Å². The highest BCUT2D eigenvalue weighted by Crippen LogP contribution is 2.27. The van der Waals surface area contributed by atoms with Crippen LogP contribution in [0.3, 0.4) is 0 Å². The van der Waals surface area contributed by atoms with E-state index >= 15 is 0 Å². The number of hydrazone groups is 2. The van der Waals surface area contributed by atoms with Crippen molar-refractivity contribution >= 4 is 103 Å². The molecule has 59 heavy (non-hydrogen) atoms. The first-order valence-electron chi connectivity index (χ1n) is 17.3. The van der Waals surface area contributed by atoms with Gasteiger partial charge in [0.15, 0.2) is 12.1 Å². The smallest absolute Gasteiger partial charge is 0.282 e. The number of anilines is 2. The Labute approximate surface area is 345 Å². The maximum absolute atomic E-state index is 13.4. The van der Waals surface area contributed by atoms with E-state index in [1.165, 1.54) is 74.5 Å². The van der Waals surface area contributed by atoms with Crippen LogP contribution >= 0.6 is 23.2 Å². The number of benzene rings is 4. The molecule has 0 bridgehead atoms. The number of carbonyl (C=O) groups is 6. The lowest BCUT2D eigenvalue weighted by Crippen LogP contribution is -2.36. The zero-order valence-corrected chi connectivity index (χ0v) is 33.1. The van der Waals surface area contributed by atoms with Gasteiger partial charge in [0.2, 0.25) is 21.7 Å². The second-order valence-corrected chi connectivity index (χ2v) is 15.6. The van der Waals surface area contributed by atoms with Gasteiger partial charge in [-0.2, -0.15) is 40.7 Å². The predicted molar refractivity (Wildman–Crippen MR) is 214 cm³/mol. The van der Waals surface area contributed by atoms with E-state index < -0.39 is 70.2 Å². The van der Waals surface area contributed by atoms with Crippen molar-refractivity contribution in [3.8, 4) is 0 Å². The standard InChI is InChI=1S/C38H30Cl2N10O8S/c1-21-35(37(55)49(47-21)33(53)19-31(51)41-27-7-3-5-23(39)17-27)45-43-25-9-13-29(14-10-25)59(57,58)30-15-11-26(12-16-30)44-46-36-22(2)48-50(38(36)56)34(54)20-32(52)42-28-8-4-6-24(40)18-28/h3-18,35-36H,19-20H2,1-2H3,(H,41,51)(H,42,52). The first-order valence-corrected chi connectivity index (χ1v) is 19.5. The minimum atomic E-state index is -4.02. The summed E-state index contributed by atoms with van der Waals surface area (Å²) in [7, 11) is -4.02. The van der Waals surface area contributed by atoms with Crippen molar-refractivity contribution in [2.45, 2.75) is 48.6 Å². The van der Waals surface area contributed by atoms with Crippen molar-refractivity contribution in [3.05, 3.63) is 107 Å². The third kappa shape index (κ3) is 10.0. The molecule has 2 heterocycles. The van der Waals surface area contributed by atoms with Crippen LogP contribution in [0.5, 0.6) is 0 Å². The van der Waals surface area contributed by atoms with Gasteiger partial charge < -0.3 is 10.6 Å². The second kappa shape index (κ2) is 17.8. The van der Waals surface area contributed by atoms with Gasteiger partial charge >= 0.3 is 0 Å². The summed E-state index contributed by atoms with van der Waals surface area (Å²) >= 11 is 11.8. The van der Waals surface area contributed by atoms with Crippen LogP contribution in [0.4, 0.5) is 22.7 Å². The summed E-state index contributed by atoms with van der Waals surface area (Å²) < 4.78 is 26.8. The third-order valence-corrected chi connectivity index (χ3v) is 10.6. The summed E-state index contributed by atoms with van der Waals surface area (Å²) in [6.45, 7) is 2.94. The molecule has 0 aromatic heterocycles. The second-order valence-electron chi connectivity index (χ2n) is 12.8. The zero-order chi connectivity index (χ0) is 42.4. The number of nitrogens with one attached hydrogen (secondary N) is 2. The lowest BCUT2D eigenvalue weighted by atomic mass is 10.2. The van der Waals surface area contributed by atoms with Crippen LogP contribution in [0.15, 0.2) is 138 Å². The SMILES string of the molecule is CC1=NN(C(=O)CC(=O)Nc2cccc(Cl)c2)C(=O)C1N=Nc1ccc(S(=O)(=O)c2ccc(N=NC3C(=O)N(C(=O)CC(=O)Nc4cccc(Cl)c4)N=C3C)cc2)cc1. The summed E-state index contributed by atoms with van der Waals surface area (Å²) in [5.74, 6) is -4.72. The van der Waals surface area contributed by atoms with Crippen LogP contribution in [0, 0.1) is 0 Å². The summed E-state index contributed by atoms with van der Waals surface area (Å²) in [4.78, 5) is 75.9. The van der Waals surface area contributed by atoms with Crippen molar-refractivity contribution in [2.75, 3.05) is 10.6 Å². The zero-order valence-electron chi connectivity index (χ0n) is 30.8. The molecule has 0 fully saturated rings. The maximum Gasteiger partial charge on any atom is 0.282 e. The topological polar surface area (TPSA) is 241 Å². The molecule has 21 heteroatoms. The number of azo groups is 2. The van der Waals surface area contributed by atoms with Gasteiger partial charge in [-0.25, -0.2) is 8.42 Å². The van der Waals surface area contributed by atoms with E-state index in [0.29, 0.717) is 31.4 Å². The molecule has 0 aliphatic carbocycles. The molecule has 2 unspecified atom stereocenters. The molecule has 0 saturated carbocycles. The van der Waals surface area contributed by atoms with Crippen molar-refractivity contribution in [3.63, 3.8) is 0 Å². The van der Waals surface area contributed by atoms with Crippen molar-refractivity contribution in [1.82, 2.24) is 10.0 Å². The van der Waals surface area contributed by atoms with E-state index in [2.05, 4.69) is 41.3 Å². The third-order valence-electron chi connectivity index (χ3n) is 8.38. The molecular formula is C38H30Cl2N10O8S. The van der Waals surface area contributed by atoms with E-state index in [9.17, 15) is 37.2 Å². The van der Waals surface area contributed by atoms with Gasteiger partial charge in [-0.3, -0.25) is 28.8 Å². The van der Waals surface area contributed by atoms with E-state index in [0.717, 1.165) is 0 Å². The maximum atomic E-state index is 13.4. The average Bonchev–Trinajstić information content (AvgIpc) is 3.64. The summed E-state index contributed by atoms with van der Waals surface area (Å²) in [5.41, 5.74) is 1.47. The monoisotopic (exact) mass is 856 g/mol. The molecule has 300 valence electrons. The van der Waals surface area contributed by atoms with Crippen LogP contribution in [-0.4, -0.2) is 77.4 Å². The Morgan fingerprint density at radius 3 is 1.36 bits per heavy atom. The molecule has 0 radical (unpaired) electrons. The largest absolute Gasteiger partial charge is 0.326 e. The van der Waals surface area contributed by atoms with Crippen LogP contribution in [0.2, 0.25) is 10.0 Å². The number of halogens is 2. The molecular weight excluding hydrogens is 827 g/mol. The van der Waals surface area contributed by atoms with E-state index in [4.69, 9.17) is 23.2 Å². The fourth-order valence-electron chi connectivity index (χ4n) is 5.47. The molecule has 6 rings (SSSR count). The van der Waals surface area contributed by atoms with Crippen LogP contribution in [0.1, 0.15) is 26.7 Å². The van der Waals surface area contributed by atoms with Crippen molar-refractivity contribution < 1.29 is 37.2 Å². The lowest BCUT2D eigenvalue weighted by Gasteiger charge is -2.11. The van der Waals surface area contributed by atoms with Crippen molar-refractivity contribution in [2.24, 2.45) is 30.7 Å². The molecule has 2 atom stereocenters. The van der Waals surface area contributed by atoms with Gasteiger partial charge in [0.1, 0.15) is 12.8 Å². The van der Waals surface area contributed by atoms with E-state index in [1.54, 1.807) is 36.4 Å². The highest BCUT2D eigenvalue weighted by Gasteiger charge is 2.39. The first-order chi connectivity index (χ1) is 28.1. The molecule has 18 nitrogen and oxygen atoms in total. The van der Waals surface area contributed by atoms with Gasteiger partial charge in [0.25, 0.3) is 23.6 Å². The molecule has 0 spiro atoms. The average molecular weight is 858 g/mol. The summed E-state index contributed by atoms with van der Waals surface area (Å²) in [6.07, 6.45) is -1.34. The Hall–Kier alpha value is -6.83. The highest BCUT2D eigenvalue weighted by atomic mass is 35.5. The Balaban J connectivity index is 1.02. The number of carbonyl (C=O) groups excluding carboxylic acids is 6. The highest BCUT2D eigenvalue weighted by molar-refractivity contribution is 7.91. The van der Waals surface area contributed by atoms with E-state index in [-0.39, 0.29) is 32.6 Å². The van der Waals surface area contributed by atoms with Gasteiger partial charge in [-0.05, 0) is 98.8 Å². The summed E-state index contributed by atoms with van der Waals surface area (Å²) in [5, 5.41) is 30.9. The van der Waals surface area contributed by atoms with Gasteiger partial charge in [-0.1, -0.05) is 35.3 Å². The molecule has 4 aromatic carbocycles. The molecule has 0 saturated heterocycles. The Kier molecular flexibility index (Phi) is 12.6. The quantitative estimate of drug-likeness (QED) is 0.121. The van der Waals surface area contributed by atoms with E-state index in [1.807, 2.05) is 0 Å². The molecule has 2 N–H and O–H groups in total. The molecule has 2 aliphatic rings. The Bertz CT molecular complexity index is 2440. The number of sulfone groups is 1. The van der Waals surface area contributed by atoms with Crippen LogP contribution in [0.25, 0.3) is 0 Å². The Morgan fingerprint density at radius 1 is 0.627 bits per heavy atom. The minimum Gasteiger partial charge on any atom is -0.326 e. The fraction of sp³-hybridized carbons (Fsp3) is 0.158. The van der Waals surface area contributed by atoms with Gasteiger partial charge in [0, 0.05) is 21.4 Å². The number of imide groups is 2. The lowest BCUT2D eigenvalue weighted by molar-refractivity contribution is -0.146. The Morgan fingerprint density at radius 2 is 1.00 bits per heavy atom. The predicted octanol–water partition coefficient (Wildman–Crippen LogP) is 6.28. The molecule has 4 aromatic rings. The first kappa shape index (κ1) is 41.8. The van der Waals surface area contributed by atoms with Gasteiger partial charge in [-0.15, -0.1) is 0 Å². The molecule has 6 amide bonds. The minimum absolute atomic E-state index is 0.0808. The number of hydrogen-bond acceptors (Lipinski definition) is 14. The summed E-state index contributed by atoms with van der Waals surface area (Å²) in [6, 6.07) is 20.8. The normalized spacial score (nSPS) is 16.7. The number of hydrogen-bond donors (Lipinski definition) is 2. The number of amides is 6. The fourth-order valence-corrected chi connectivity index (χ4v) is 7.11. The molecule has 2 aliphatic heterocycles.